The van der Waals surface area contributed by atoms with Gasteiger partial charge < -0.3 is 5.84 Å². The van der Waals surface area contributed by atoms with Gasteiger partial charge in [-0.3, -0.25) is 0 Å². The zero-order valence-corrected chi connectivity index (χ0v) is 15.8. The lowest BCUT2D eigenvalue weighted by atomic mass is 10.2. The van der Waals surface area contributed by atoms with Crippen molar-refractivity contribution < 1.29 is 8.42 Å². The molecule has 0 radical (unpaired) electrons. The van der Waals surface area contributed by atoms with Gasteiger partial charge in [0.2, 0.25) is 15.2 Å². The van der Waals surface area contributed by atoms with Crippen LogP contribution in [0.5, 0.6) is 0 Å². The van der Waals surface area contributed by atoms with Gasteiger partial charge in [0.15, 0.2) is 5.82 Å². The number of sulfonamides is 1. The lowest BCUT2D eigenvalue weighted by Crippen LogP contribution is -2.30. The molecule has 0 aliphatic heterocycles. The molecular weight excluding hydrogens is 346 g/mol. The van der Waals surface area contributed by atoms with Gasteiger partial charge in [-0.2, -0.15) is 4.31 Å². The van der Waals surface area contributed by atoms with Crippen molar-refractivity contribution in [3.05, 3.63) is 24.3 Å². The zero-order chi connectivity index (χ0) is 17.7. The Balaban J connectivity index is 2.40. The lowest BCUT2D eigenvalue weighted by molar-refractivity contribution is 0.445. The molecule has 2 aromatic rings. The van der Waals surface area contributed by atoms with Crippen molar-refractivity contribution in [3.8, 4) is 11.4 Å². The fourth-order valence-corrected chi connectivity index (χ4v) is 4.49. The molecule has 7 nitrogen and oxygen atoms in total. The van der Waals surface area contributed by atoms with Crippen molar-refractivity contribution in [1.82, 2.24) is 19.2 Å². The number of benzene rings is 1. The minimum absolute atomic E-state index is 0.231. The molecule has 0 unspecified atom stereocenters. The molecule has 1 heterocycles. The summed E-state index contributed by atoms with van der Waals surface area (Å²) in [4.78, 5) is 0.231. The Bertz CT molecular complexity index is 785. The first-order chi connectivity index (χ1) is 11.5. The van der Waals surface area contributed by atoms with E-state index in [0.29, 0.717) is 29.6 Å². The molecule has 0 saturated heterocycles. The van der Waals surface area contributed by atoms with E-state index in [4.69, 9.17) is 5.84 Å². The van der Waals surface area contributed by atoms with Crippen LogP contribution in [-0.2, 0) is 10.0 Å². The highest BCUT2D eigenvalue weighted by Gasteiger charge is 2.22. The van der Waals surface area contributed by atoms with Gasteiger partial charge in [0.25, 0.3) is 0 Å². The first kappa shape index (κ1) is 18.8. The van der Waals surface area contributed by atoms with E-state index in [2.05, 4.69) is 17.1 Å². The van der Waals surface area contributed by atoms with Crippen LogP contribution in [0.15, 0.2) is 34.3 Å². The molecule has 0 atom stereocenters. The number of nitrogen functional groups attached to an aromatic ring is 1. The predicted octanol–water partition coefficient (Wildman–Crippen LogP) is 2.19. The Morgan fingerprint density at radius 3 is 2.54 bits per heavy atom. The van der Waals surface area contributed by atoms with Crippen molar-refractivity contribution in [2.24, 2.45) is 0 Å². The monoisotopic (exact) mass is 369 g/mol. The fourth-order valence-electron chi connectivity index (χ4n) is 2.27. The Kier molecular flexibility index (Phi) is 6.25. The maximum absolute atomic E-state index is 12.7. The van der Waals surface area contributed by atoms with E-state index in [9.17, 15) is 8.42 Å². The molecule has 0 spiro atoms. The van der Waals surface area contributed by atoms with Crippen LogP contribution in [0.4, 0.5) is 0 Å². The van der Waals surface area contributed by atoms with Gasteiger partial charge in [-0.05, 0) is 18.6 Å². The molecule has 0 aliphatic carbocycles. The van der Waals surface area contributed by atoms with Gasteiger partial charge in [0.05, 0.1) is 4.90 Å². The molecule has 1 aromatic heterocycles. The summed E-state index contributed by atoms with van der Waals surface area (Å²) in [5.41, 5.74) is 0.626. The van der Waals surface area contributed by atoms with Crippen LogP contribution in [0.2, 0.25) is 0 Å². The first-order valence-corrected chi connectivity index (χ1v) is 10.3. The number of aromatic nitrogens is 3. The highest BCUT2D eigenvalue weighted by molar-refractivity contribution is 7.99. The molecule has 2 N–H and O–H groups in total. The largest absolute Gasteiger partial charge is 0.335 e. The molecule has 132 valence electrons. The van der Waals surface area contributed by atoms with Crippen molar-refractivity contribution >= 4 is 21.8 Å². The maximum atomic E-state index is 12.7. The van der Waals surface area contributed by atoms with E-state index >= 15 is 0 Å². The average molecular weight is 370 g/mol. The van der Waals surface area contributed by atoms with E-state index in [1.54, 1.807) is 24.3 Å². The quantitative estimate of drug-likeness (QED) is 0.566. The Labute approximate surface area is 147 Å². The molecule has 0 saturated carbocycles. The van der Waals surface area contributed by atoms with Gasteiger partial charge in [-0.1, -0.05) is 44.7 Å². The Hall–Kier alpha value is -1.58. The first-order valence-electron chi connectivity index (χ1n) is 7.89. The summed E-state index contributed by atoms with van der Waals surface area (Å²) in [5.74, 6) is 7.40. The van der Waals surface area contributed by atoms with E-state index in [-0.39, 0.29) is 4.90 Å². The normalized spacial score (nSPS) is 12.0. The highest BCUT2D eigenvalue weighted by atomic mass is 32.2. The highest BCUT2D eigenvalue weighted by Crippen LogP contribution is 2.25. The van der Waals surface area contributed by atoms with E-state index in [1.807, 2.05) is 13.8 Å². The van der Waals surface area contributed by atoms with Crippen LogP contribution in [0.1, 0.15) is 27.2 Å². The fraction of sp³-hybridized carbons (Fsp3) is 0.467. The number of nitrogens with two attached hydrogens (primary N) is 1. The van der Waals surface area contributed by atoms with Crippen molar-refractivity contribution in [2.75, 3.05) is 24.7 Å². The molecular formula is C15H23N5O2S2. The van der Waals surface area contributed by atoms with Crippen LogP contribution in [-0.4, -0.2) is 46.4 Å². The summed E-state index contributed by atoms with van der Waals surface area (Å²) >= 11 is 1.52. The number of hydrogen-bond acceptors (Lipinski definition) is 6. The summed E-state index contributed by atoms with van der Waals surface area (Å²) < 4.78 is 28.1. The van der Waals surface area contributed by atoms with Crippen LogP contribution >= 0.6 is 11.8 Å². The molecule has 0 amide bonds. The Morgan fingerprint density at radius 2 is 1.92 bits per heavy atom. The van der Waals surface area contributed by atoms with Gasteiger partial charge in [-0.25, -0.2) is 13.1 Å². The predicted molar refractivity (Wildman–Crippen MR) is 96.7 cm³/mol. The average Bonchev–Trinajstić information content (AvgIpc) is 2.94. The third-order valence-electron chi connectivity index (χ3n) is 3.54. The third kappa shape index (κ3) is 3.73. The van der Waals surface area contributed by atoms with Crippen molar-refractivity contribution in [3.63, 3.8) is 0 Å². The van der Waals surface area contributed by atoms with Crippen LogP contribution in [0.25, 0.3) is 11.4 Å². The molecule has 2 rings (SSSR count). The van der Waals surface area contributed by atoms with Crippen LogP contribution in [0, 0.1) is 0 Å². The third-order valence-corrected chi connectivity index (χ3v) is 6.73. The van der Waals surface area contributed by atoms with Crippen LogP contribution < -0.4 is 5.84 Å². The molecule has 9 heteroatoms. The van der Waals surface area contributed by atoms with E-state index in [0.717, 1.165) is 12.2 Å². The standard InChI is InChI=1S/C15H23N5O2S2/c1-4-10-23-15-18-17-14(20(15)16)12-8-7-9-13(11-12)24(21,22)19(5-2)6-3/h7-9,11H,4-6,10,16H2,1-3H3. The number of nitrogens with zero attached hydrogens (tertiary/aromatic N) is 4. The zero-order valence-electron chi connectivity index (χ0n) is 14.1. The second-order valence-electron chi connectivity index (χ2n) is 5.14. The number of thioether (sulfide) groups is 1. The summed E-state index contributed by atoms with van der Waals surface area (Å²) in [6, 6.07) is 6.65. The summed E-state index contributed by atoms with van der Waals surface area (Å²) in [6.45, 7) is 6.56. The minimum atomic E-state index is -3.52. The molecule has 1 aromatic carbocycles. The lowest BCUT2D eigenvalue weighted by Gasteiger charge is -2.18. The molecule has 0 fully saturated rings. The van der Waals surface area contributed by atoms with E-state index < -0.39 is 10.0 Å². The number of rotatable bonds is 8. The maximum Gasteiger partial charge on any atom is 0.243 e. The number of hydrogen-bond donors (Lipinski definition) is 1. The van der Waals surface area contributed by atoms with Gasteiger partial charge in [0.1, 0.15) is 0 Å². The summed E-state index contributed by atoms with van der Waals surface area (Å²) in [5, 5.41) is 8.80. The summed E-state index contributed by atoms with van der Waals surface area (Å²) in [7, 11) is -3.52. The minimum Gasteiger partial charge on any atom is -0.335 e. The topological polar surface area (TPSA) is 94.1 Å². The second kappa shape index (κ2) is 8.00. The SMILES string of the molecule is CCCSc1nnc(-c2cccc(S(=O)(=O)N(CC)CC)c2)n1N. The van der Waals surface area contributed by atoms with Gasteiger partial charge in [0, 0.05) is 24.4 Å². The van der Waals surface area contributed by atoms with Gasteiger partial charge in [-0.15, -0.1) is 10.2 Å². The van der Waals surface area contributed by atoms with Crippen molar-refractivity contribution in [2.45, 2.75) is 37.2 Å². The van der Waals surface area contributed by atoms with Gasteiger partial charge >= 0.3 is 0 Å². The second-order valence-corrected chi connectivity index (χ2v) is 8.14. The molecule has 24 heavy (non-hydrogen) atoms. The van der Waals surface area contributed by atoms with Crippen molar-refractivity contribution in [1.29, 1.82) is 0 Å². The molecule has 0 aliphatic rings. The summed E-state index contributed by atoms with van der Waals surface area (Å²) in [6.07, 6.45) is 1.00. The smallest absolute Gasteiger partial charge is 0.243 e. The van der Waals surface area contributed by atoms with E-state index in [1.165, 1.54) is 20.7 Å². The molecule has 0 bridgehead atoms. The Morgan fingerprint density at radius 1 is 1.21 bits per heavy atom. The van der Waals surface area contributed by atoms with Crippen LogP contribution in [0.3, 0.4) is 0 Å².